The molecule has 0 radical (unpaired) electrons. The van der Waals surface area contributed by atoms with Crippen LogP contribution in [0.1, 0.15) is 38.1 Å². The van der Waals surface area contributed by atoms with E-state index in [1.54, 1.807) is 29.5 Å². The van der Waals surface area contributed by atoms with Gasteiger partial charge in [0, 0.05) is 31.8 Å². The zero-order valence-electron chi connectivity index (χ0n) is 12.5. The van der Waals surface area contributed by atoms with E-state index in [0.717, 1.165) is 11.4 Å². The van der Waals surface area contributed by atoms with Crippen molar-refractivity contribution in [3.63, 3.8) is 0 Å². The number of likely N-dealkylation sites (tertiary alicyclic amines) is 1. The molecular formula is C14H22N2O3S. The van der Waals surface area contributed by atoms with Gasteiger partial charge in [-0.15, -0.1) is 11.3 Å². The molecule has 0 aromatic carbocycles. The maximum Gasteiger partial charge on any atom is 0.410 e. The zero-order chi connectivity index (χ0) is 14.8. The lowest BCUT2D eigenvalue weighted by molar-refractivity contribution is -0.00702. The van der Waals surface area contributed by atoms with Gasteiger partial charge >= 0.3 is 6.09 Å². The summed E-state index contributed by atoms with van der Waals surface area (Å²) >= 11 is 1.61. The van der Waals surface area contributed by atoms with Crippen LogP contribution in [0, 0.1) is 0 Å². The number of hydrogen-bond donors (Lipinski definition) is 0. The number of ether oxygens (including phenoxy) is 2. The zero-order valence-corrected chi connectivity index (χ0v) is 13.3. The molecule has 0 spiro atoms. The van der Waals surface area contributed by atoms with Gasteiger partial charge in [-0.1, -0.05) is 0 Å². The molecule has 1 aliphatic heterocycles. The molecule has 1 fully saturated rings. The van der Waals surface area contributed by atoms with Crippen LogP contribution in [0.15, 0.2) is 11.6 Å². The summed E-state index contributed by atoms with van der Waals surface area (Å²) in [6.07, 6.45) is 2.45. The Morgan fingerprint density at radius 3 is 2.80 bits per heavy atom. The number of piperidine rings is 1. The van der Waals surface area contributed by atoms with Crippen molar-refractivity contribution in [3.05, 3.63) is 16.6 Å². The molecule has 1 saturated heterocycles. The van der Waals surface area contributed by atoms with E-state index in [0.29, 0.717) is 13.1 Å². The number of methoxy groups -OCH3 is 1. The lowest BCUT2D eigenvalue weighted by Gasteiger charge is -2.37. The fraction of sp³-hybridized carbons (Fsp3) is 0.714. The summed E-state index contributed by atoms with van der Waals surface area (Å²) in [6.45, 7) is 6.90. The van der Waals surface area contributed by atoms with Crippen molar-refractivity contribution < 1.29 is 14.3 Å². The Labute approximate surface area is 123 Å². The third-order valence-electron chi connectivity index (χ3n) is 3.27. The largest absolute Gasteiger partial charge is 0.444 e. The SMILES string of the molecule is COC1CCN(C(=O)OC(C)(C)C)CC1c1nccs1. The predicted octanol–water partition coefficient (Wildman–Crippen LogP) is 2.88. The van der Waals surface area contributed by atoms with Crippen molar-refractivity contribution >= 4 is 17.4 Å². The smallest absolute Gasteiger partial charge is 0.410 e. The second-order valence-electron chi connectivity index (χ2n) is 5.97. The fourth-order valence-corrected chi connectivity index (χ4v) is 3.14. The first-order valence-corrected chi connectivity index (χ1v) is 7.69. The van der Waals surface area contributed by atoms with E-state index in [2.05, 4.69) is 4.98 Å². The normalized spacial score (nSPS) is 23.7. The van der Waals surface area contributed by atoms with Crippen LogP contribution in [0.4, 0.5) is 4.79 Å². The van der Waals surface area contributed by atoms with Crippen molar-refractivity contribution in [1.29, 1.82) is 0 Å². The quantitative estimate of drug-likeness (QED) is 0.842. The lowest BCUT2D eigenvalue weighted by Crippen LogP contribution is -2.47. The third-order valence-corrected chi connectivity index (χ3v) is 4.18. The molecule has 1 aliphatic rings. The Bertz CT molecular complexity index is 442. The number of carbonyl (C=O) groups excluding carboxylic acids is 1. The summed E-state index contributed by atoms with van der Waals surface area (Å²) in [5.41, 5.74) is -0.466. The minimum Gasteiger partial charge on any atom is -0.444 e. The summed E-state index contributed by atoms with van der Waals surface area (Å²) in [5.74, 6) is 0.126. The topological polar surface area (TPSA) is 51.7 Å². The van der Waals surface area contributed by atoms with Gasteiger partial charge in [-0.3, -0.25) is 0 Å². The molecule has 0 bridgehead atoms. The van der Waals surface area contributed by atoms with Gasteiger partial charge in [0.25, 0.3) is 0 Å². The molecular weight excluding hydrogens is 276 g/mol. The van der Waals surface area contributed by atoms with Crippen molar-refractivity contribution in [1.82, 2.24) is 9.88 Å². The lowest BCUT2D eigenvalue weighted by atomic mass is 9.95. The number of amides is 1. The monoisotopic (exact) mass is 298 g/mol. The summed E-state index contributed by atoms with van der Waals surface area (Å²) < 4.78 is 11.0. The number of rotatable bonds is 2. The summed E-state index contributed by atoms with van der Waals surface area (Å²) in [7, 11) is 1.72. The van der Waals surface area contributed by atoms with Gasteiger partial charge in [0.15, 0.2) is 0 Å². The first kappa shape index (κ1) is 15.3. The summed E-state index contributed by atoms with van der Waals surface area (Å²) in [5, 5.41) is 2.97. The van der Waals surface area contributed by atoms with Crippen molar-refractivity contribution in [2.75, 3.05) is 20.2 Å². The molecule has 6 heteroatoms. The van der Waals surface area contributed by atoms with E-state index in [1.807, 2.05) is 26.2 Å². The standard InChI is InChI=1S/C14H22N2O3S/c1-14(2,3)19-13(17)16-7-5-11(18-4)10(9-16)12-15-6-8-20-12/h6,8,10-11H,5,7,9H2,1-4H3. The van der Waals surface area contributed by atoms with Gasteiger partial charge in [0.05, 0.1) is 17.0 Å². The van der Waals surface area contributed by atoms with Gasteiger partial charge in [0.1, 0.15) is 5.60 Å². The minimum absolute atomic E-state index is 0.111. The van der Waals surface area contributed by atoms with Crippen LogP contribution >= 0.6 is 11.3 Å². The second-order valence-corrected chi connectivity index (χ2v) is 6.89. The molecule has 2 rings (SSSR count). The highest BCUT2D eigenvalue weighted by atomic mass is 32.1. The molecule has 1 aromatic heterocycles. The Kier molecular flexibility index (Phi) is 4.65. The number of hydrogen-bond acceptors (Lipinski definition) is 5. The van der Waals surface area contributed by atoms with Gasteiger partial charge in [0.2, 0.25) is 0 Å². The highest BCUT2D eigenvalue weighted by Gasteiger charge is 2.35. The molecule has 5 nitrogen and oxygen atoms in total. The van der Waals surface area contributed by atoms with E-state index in [-0.39, 0.29) is 18.1 Å². The van der Waals surface area contributed by atoms with Gasteiger partial charge in [-0.25, -0.2) is 9.78 Å². The molecule has 2 unspecified atom stereocenters. The van der Waals surface area contributed by atoms with Crippen LogP contribution in [0.2, 0.25) is 0 Å². The number of thiazole rings is 1. The molecule has 1 aromatic rings. The number of aromatic nitrogens is 1. The maximum atomic E-state index is 12.2. The van der Waals surface area contributed by atoms with E-state index < -0.39 is 5.60 Å². The van der Waals surface area contributed by atoms with Crippen LogP contribution < -0.4 is 0 Å². The highest BCUT2D eigenvalue weighted by molar-refractivity contribution is 7.09. The molecule has 20 heavy (non-hydrogen) atoms. The van der Waals surface area contributed by atoms with Gasteiger partial charge in [-0.2, -0.15) is 0 Å². The Morgan fingerprint density at radius 2 is 2.25 bits per heavy atom. The molecule has 112 valence electrons. The summed E-state index contributed by atoms with van der Waals surface area (Å²) in [6, 6.07) is 0. The molecule has 0 saturated carbocycles. The Hall–Kier alpha value is -1.14. The fourth-order valence-electron chi connectivity index (χ4n) is 2.36. The number of carbonyl (C=O) groups is 1. The first-order valence-electron chi connectivity index (χ1n) is 6.81. The van der Waals surface area contributed by atoms with E-state index in [4.69, 9.17) is 9.47 Å². The van der Waals surface area contributed by atoms with Crippen LogP contribution in [0.5, 0.6) is 0 Å². The van der Waals surface area contributed by atoms with E-state index in [9.17, 15) is 4.79 Å². The van der Waals surface area contributed by atoms with Crippen molar-refractivity contribution in [2.45, 2.75) is 44.8 Å². The van der Waals surface area contributed by atoms with Crippen molar-refractivity contribution in [3.8, 4) is 0 Å². The third kappa shape index (κ3) is 3.70. The van der Waals surface area contributed by atoms with Crippen LogP contribution in [0.3, 0.4) is 0 Å². The average molecular weight is 298 g/mol. The molecule has 2 heterocycles. The Morgan fingerprint density at radius 1 is 1.50 bits per heavy atom. The maximum absolute atomic E-state index is 12.2. The van der Waals surface area contributed by atoms with E-state index in [1.165, 1.54) is 0 Å². The van der Waals surface area contributed by atoms with Crippen LogP contribution in [-0.2, 0) is 9.47 Å². The van der Waals surface area contributed by atoms with Gasteiger partial charge < -0.3 is 14.4 Å². The molecule has 0 N–H and O–H groups in total. The minimum atomic E-state index is -0.466. The first-order chi connectivity index (χ1) is 9.40. The Balaban J connectivity index is 2.06. The molecule has 1 amide bonds. The molecule has 0 aliphatic carbocycles. The highest BCUT2D eigenvalue weighted by Crippen LogP contribution is 2.31. The summed E-state index contributed by atoms with van der Waals surface area (Å²) in [4.78, 5) is 18.3. The predicted molar refractivity (Wildman–Crippen MR) is 78.1 cm³/mol. The van der Waals surface area contributed by atoms with Crippen molar-refractivity contribution in [2.24, 2.45) is 0 Å². The van der Waals surface area contributed by atoms with Crippen LogP contribution in [0.25, 0.3) is 0 Å². The van der Waals surface area contributed by atoms with Crippen LogP contribution in [-0.4, -0.2) is 47.9 Å². The number of nitrogens with zero attached hydrogens (tertiary/aromatic N) is 2. The second kappa shape index (κ2) is 6.10. The van der Waals surface area contributed by atoms with E-state index >= 15 is 0 Å². The molecule has 2 atom stereocenters. The average Bonchev–Trinajstić information content (AvgIpc) is 2.89. The van der Waals surface area contributed by atoms with Gasteiger partial charge in [-0.05, 0) is 27.2 Å².